The average molecular weight is 417 g/mol. The lowest BCUT2D eigenvalue weighted by Crippen LogP contribution is -2.43. The first-order chi connectivity index (χ1) is 13.7. The van der Waals surface area contributed by atoms with Crippen molar-refractivity contribution >= 4 is 21.6 Å². The number of carbonyl (C=O) groups excluding carboxylic acids is 1. The van der Waals surface area contributed by atoms with Crippen molar-refractivity contribution in [1.29, 1.82) is 0 Å². The molecule has 1 heterocycles. The van der Waals surface area contributed by atoms with Crippen LogP contribution in [0.2, 0.25) is 0 Å². The van der Waals surface area contributed by atoms with Crippen LogP contribution < -0.4 is 10.1 Å². The van der Waals surface area contributed by atoms with Crippen LogP contribution in [0.5, 0.6) is 5.75 Å². The minimum Gasteiger partial charge on any atom is -0.496 e. The molecule has 0 saturated carbocycles. The summed E-state index contributed by atoms with van der Waals surface area (Å²) in [5, 5.41) is 3.01. The van der Waals surface area contributed by atoms with Gasteiger partial charge in [-0.1, -0.05) is 18.2 Å². The van der Waals surface area contributed by atoms with Gasteiger partial charge in [0.15, 0.2) is 0 Å². The molecule has 1 amide bonds. The number of sulfonamides is 1. The largest absolute Gasteiger partial charge is 0.496 e. The van der Waals surface area contributed by atoms with E-state index in [1.54, 1.807) is 25.3 Å². The molecule has 2 aromatic rings. The monoisotopic (exact) mass is 416 g/mol. The Morgan fingerprint density at radius 2 is 1.79 bits per heavy atom. The van der Waals surface area contributed by atoms with E-state index >= 15 is 0 Å². The van der Waals surface area contributed by atoms with Crippen LogP contribution in [0.25, 0.3) is 0 Å². The average Bonchev–Trinajstić information content (AvgIpc) is 2.70. The Hall–Kier alpha value is -2.38. The molecule has 0 aliphatic carbocycles. The Labute approximate surface area is 172 Å². The molecule has 29 heavy (non-hydrogen) atoms. The number of hydrogen-bond donors (Lipinski definition) is 1. The summed E-state index contributed by atoms with van der Waals surface area (Å²) < 4.78 is 32.9. The molecule has 1 aliphatic heterocycles. The minimum atomic E-state index is -3.67. The van der Waals surface area contributed by atoms with Gasteiger partial charge in [-0.3, -0.25) is 4.79 Å². The molecule has 2 aromatic carbocycles. The maximum atomic E-state index is 13.1. The molecule has 7 heteroatoms. The number of methoxy groups -OCH3 is 1. The molecule has 0 spiro atoms. The van der Waals surface area contributed by atoms with Crippen LogP contribution in [-0.2, 0) is 14.8 Å². The summed E-state index contributed by atoms with van der Waals surface area (Å²) in [6.07, 6.45) is 1.32. The van der Waals surface area contributed by atoms with Crippen LogP contribution in [0.15, 0.2) is 41.3 Å². The molecule has 1 atom stereocenters. The molecule has 1 N–H and O–H groups in total. The second-order valence-electron chi connectivity index (χ2n) is 7.59. The molecule has 0 bridgehead atoms. The van der Waals surface area contributed by atoms with Crippen molar-refractivity contribution < 1.29 is 17.9 Å². The summed E-state index contributed by atoms with van der Waals surface area (Å²) in [6, 6.07) is 10.7. The second-order valence-corrected chi connectivity index (χ2v) is 9.53. The summed E-state index contributed by atoms with van der Waals surface area (Å²) in [4.78, 5) is 13.1. The highest BCUT2D eigenvalue weighted by Crippen LogP contribution is 2.28. The predicted octanol–water partition coefficient (Wildman–Crippen LogP) is 3.66. The van der Waals surface area contributed by atoms with Crippen molar-refractivity contribution in [3.63, 3.8) is 0 Å². The summed E-state index contributed by atoms with van der Waals surface area (Å²) in [7, 11) is -2.11. The summed E-state index contributed by atoms with van der Waals surface area (Å²) in [5.41, 5.74) is 3.55. The van der Waals surface area contributed by atoms with Crippen LogP contribution in [0.4, 0.5) is 5.69 Å². The van der Waals surface area contributed by atoms with Crippen LogP contribution in [0, 0.1) is 26.7 Å². The van der Waals surface area contributed by atoms with Gasteiger partial charge in [0.25, 0.3) is 0 Å². The number of aryl methyl sites for hydroxylation is 3. The molecular formula is C22H28N2O4S. The zero-order valence-corrected chi connectivity index (χ0v) is 18.2. The molecule has 1 aliphatic rings. The molecule has 1 fully saturated rings. The fourth-order valence-electron chi connectivity index (χ4n) is 3.77. The normalized spacial score (nSPS) is 17.7. The van der Waals surface area contributed by atoms with Crippen LogP contribution in [0.1, 0.15) is 29.5 Å². The molecule has 156 valence electrons. The van der Waals surface area contributed by atoms with Crippen molar-refractivity contribution in [2.45, 2.75) is 38.5 Å². The highest BCUT2D eigenvalue weighted by Gasteiger charge is 2.33. The van der Waals surface area contributed by atoms with E-state index in [0.717, 1.165) is 22.4 Å². The SMILES string of the molecule is COc1ccc(S(=O)(=O)N2CCC[C@H](C(=O)Nc3c(C)cccc3C)C2)cc1C. The molecule has 6 nitrogen and oxygen atoms in total. The van der Waals surface area contributed by atoms with E-state index in [-0.39, 0.29) is 23.3 Å². The number of anilines is 1. The van der Waals surface area contributed by atoms with E-state index in [4.69, 9.17) is 4.74 Å². The van der Waals surface area contributed by atoms with Crippen LogP contribution in [-0.4, -0.2) is 38.8 Å². The van der Waals surface area contributed by atoms with Crippen molar-refractivity contribution in [1.82, 2.24) is 4.31 Å². The molecule has 1 saturated heterocycles. The number of piperidine rings is 1. The Bertz CT molecular complexity index is 997. The van der Waals surface area contributed by atoms with Gasteiger partial charge in [-0.15, -0.1) is 0 Å². The van der Waals surface area contributed by atoms with E-state index < -0.39 is 10.0 Å². The summed E-state index contributed by atoms with van der Waals surface area (Å²) in [5.74, 6) is 0.138. The second kappa shape index (κ2) is 8.55. The van der Waals surface area contributed by atoms with Crippen molar-refractivity contribution in [3.8, 4) is 5.75 Å². The van der Waals surface area contributed by atoms with Gasteiger partial charge >= 0.3 is 0 Å². The molecule has 0 unspecified atom stereocenters. The summed E-state index contributed by atoms with van der Waals surface area (Å²) >= 11 is 0. The summed E-state index contributed by atoms with van der Waals surface area (Å²) in [6.45, 7) is 6.32. The fourth-order valence-corrected chi connectivity index (χ4v) is 5.38. The van der Waals surface area contributed by atoms with Gasteiger partial charge in [0.05, 0.1) is 17.9 Å². The molecular weight excluding hydrogens is 388 g/mol. The van der Waals surface area contributed by atoms with E-state index in [1.165, 1.54) is 4.31 Å². The van der Waals surface area contributed by atoms with Gasteiger partial charge in [-0.2, -0.15) is 4.31 Å². The Balaban J connectivity index is 1.77. The van der Waals surface area contributed by atoms with E-state index in [2.05, 4.69) is 5.32 Å². The predicted molar refractivity (Wildman–Crippen MR) is 114 cm³/mol. The molecule has 0 aromatic heterocycles. The number of hydrogen-bond acceptors (Lipinski definition) is 4. The van der Waals surface area contributed by atoms with Crippen molar-refractivity contribution in [2.75, 3.05) is 25.5 Å². The Kier molecular flexibility index (Phi) is 6.29. The third-order valence-corrected chi connectivity index (χ3v) is 7.35. The number of nitrogens with one attached hydrogen (secondary N) is 1. The van der Waals surface area contributed by atoms with Gasteiger partial charge in [-0.25, -0.2) is 8.42 Å². The van der Waals surface area contributed by atoms with Gasteiger partial charge in [0.2, 0.25) is 15.9 Å². The topological polar surface area (TPSA) is 75.7 Å². The van der Waals surface area contributed by atoms with E-state index in [9.17, 15) is 13.2 Å². The van der Waals surface area contributed by atoms with Crippen LogP contribution >= 0.6 is 0 Å². The first kappa shape index (κ1) is 21.3. The zero-order chi connectivity index (χ0) is 21.2. The number of amides is 1. The van der Waals surface area contributed by atoms with E-state index in [0.29, 0.717) is 25.1 Å². The van der Waals surface area contributed by atoms with Crippen molar-refractivity contribution in [2.24, 2.45) is 5.92 Å². The Morgan fingerprint density at radius 1 is 1.10 bits per heavy atom. The maximum Gasteiger partial charge on any atom is 0.243 e. The lowest BCUT2D eigenvalue weighted by Gasteiger charge is -2.31. The van der Waals surface area contributed by atoms with Crippen LogP contribution in [0.3, 0.4) is 0 Å². The highest BCUT2D eigenvalue weighted by molar-refractivity contribution is 7.89. The first-order valence-corrected chi connectivity index (χ1v) is 11.2. The molecule has 0 radical (unpaired) electrons. The molecule has 3 rings (SSSR count). The highest BCUT2D eigenvalue weighted by atomic mass is 32.2. The fraction of sp³-hybridized carbons (Fsp3) is 0.409. The van der Waals surface area contributed by atoms with Gasteiger partial charge < -0.3 is 10.1 Å². The zero-order valence-electron chi connectivity index (χ0n) is 17.4. The lowest BCUT2D eigenvalue weighted by atomic mass is 9.98. The lowest BCUT2D eigenvalue weighted by molar-refractivity contribution is -0.120. The number of carbonyl (C=O) groups is 1. The number of para-hydroxylation sites is 1. The number of rotatable bonds is 5. The van der Waals surface area contributed by atoms with E-state index in [1.807, 2.05) is 39.0 Å². The minimum absolute atomic E-state index is 0.131. The number of benzene rings is 2. The standard InChI is InChI=1S/C22H28N2O4S/c1-15-7-5-8-16(2)21(15)23-22(25)18-9-6-12-24(14-18)29(26,27)19-10-11-20(28-4)17(3)13-19/h5,7-8,10-11,13,18H,6,9,12,14H2,1-4H3,(H,23,25)/t18-/m0/s1. The number of nitrogens with zero attached hydrogens (tertiary/aromatic N) is 1. The quantitative estimate of drug-likeness (QED) is 0.807. The van der Waals surface area contributed by atoms with Gasteiger partial charge in [0.1, 0.15) is 5.75 Å². The first-order valence-electron chi connectivity index (χ1n) is 9.76. The van der Waals surface area contributed by atoms with Gasteiger partial charge in [0, 0.05) is 18.8 Å². The smallest absolute Gasteiger partial charge is 0.243 e. The maximum absolute atomic E-state index is 13.1. The third-order valence-electron chi connectivity index (χ3n) is 5.49. The Morgan fingerprint density at radius 3 is 2.41 bits per heavy atom. The van der Waals surface area contributed by atoms with Gasteiger partial charge in [-0.05, 0) is 68.5 Å². The number of ether oxygens (including phenoxy) is 1. The third kappa shape index (κ3) is 4.46. The van der Waals surface area contributed by atoms with Crippen molar-refractivity contribution in [3.05, 3.63) is 53.1 Å².